The molecule has 0 aliphatic carbocycles. The van der Waals surface area contributed by atoms with Crippen LogP contribution in [0.3, 0.4) is 0 Å². The van der Waals surface area contributed by atoms with Gasteiger partial charge in [0.2, 0.25) is 0 Å². The van der Waals surface area contributed by atoms with Gasteiger partial charge in [-0.05, 0) is 25.1 Å². The number of H-pyrrole nitrogens is 1. The fraction of sp³-hybridized carbons (Fsp3) is 0.0952. The summed E-state index contributed by atoms with van der Waals surface area (Å²) in [7, 11) is 0. The SMILES string of the molecule is CCOC(=O)c1cnc2[nH]c(O)c(C=Nc3ccc(O)c4ccccc34)c2c1. The third-order valence-corrected chi connectivity index (χ3v) is 4.39. The first-order valence-electron chi connectivity index (χ1n) is 8.71. The summed E-state index contributed by atoms with van der Waals surface area (Å²) >= 11 is 0. The van der Waals surface area contributed by atoms with Gasteiger partial charge in [-0.1, -0.05) is 24.3 Å². The molecule has 0 saturated heterocycles. The molecule has 0 aliphatic rings. The first-order valence-corrected chi connectivity index (χ1v) is 8.71. The number of aromatic nitrogens is 2. The molecular formula is C21H17N3O4. The molecule has 0 amide bonds. The van der Waals surface area contributed by atoms with Gasteiger partial charge in [0.15, 0.2) is 5.88 Å². The summed E-state index contributed by atoms with van der Waals surface area (Å²) < 4.78 is 5.00. The molecule has 0 radical (unpaired) electrons. The maximum absolute atomic E-state index is 12.0. The van der Waals surface area contributed by atoms with Crippen molar-refractivity contribution in [3.63, 3.8) is 0 Å². The fourth-order valence-corrected chi connectivity index (χ4v) is 3.05. The van der Waals surface area contributed by atoms with Crippen molar-refractivity contribution in [2.75, 3.05) is 6.61 Å². The van der Waals surface area contributed by atoms with E-state index >= 15 is 0 Å². The molecule has 0 bridgehead atoms. The van der Waals surface area contributed by atoms with Gasteiger partial charge in [0, 0.05) is 28.6 Å². The Bertz CT molecular complexity index is 1230. The van der Waals surface area contributed by atoms with Crippen LogP contribution in [0.1, 0.15) is 22.8 Å². The van der Waals surface area contributed by atoms with E-state index in [4.69, 9.17) is 4.74 Å². The highest BCUT2D eigenvalue weighted by molar-refractivity contribution is 6.05. The molecule has 4 aromatic rings. The minimum Gasteiger partial charge on any atom is -0.507 e. The lowest BCUT2D eigenvalue weighted by Gasteiger charge is -2.04. The number of nitrogens with one attached hydrogen (secondary N) is 1. The van der Waals surface area contributed by atoms with Crippen LogP contribution in [0.2, 0.25) is 0 Å². The van der Waals surface area contributed by atoms with E-state index in [1.54, 1.807) is 25.1 Å². The van der Waals surface area contributed by atoms with Crippen LogP contribution in [-0.2, 0) is 4.74 Å². The van der Waals surface area contributed by atoms with Crippen molar-refractivity contribution < 1.29 is 19.7 Å². The number of nitrogens with zero attached hydrogens (tertiary/aromatic N) is 2. The number of carbonyl (C=O) groups excluding carboxylic acids is 1. The highest BCUT2D eigenvalue weighted by atomic mass is 16.5. The monoisotopic (exact) mass is 375 g/mol. The summed E-state index contributed by atoms with van der Waals surface area (Å²) in [5, 5.41) is 22.3. The van der Waals surface area contributed by atoms with Crippen LogP contribution in [-0.4, -0.2) is 39.0 Å². The van der Waals surface area contributed by atoms with Gasteiger partial charge in [-0.3, -0.25) is 4.99 Å². The highest BCUT2D eigenvalue weighted by Crippen LogP contribution is 2.33. The van der Waals surface area contributed by atoms with Gasteiger partial charge in [-0.25, -0.2) is 9.78 Å². The predicted molar refractivity (Wildman–Crippen MR) is 107 cm³/mol. The van der Waals surface area contributed by atoms with Crippen LogP contribution in [0.15, 0.2) is 53.7 Å². The molecule has 2 heterocycles. The Balaban J connectivity index is 1.79. The van der Waals surface area contributed by atoms with Gasteiger partial charge >= 0.3 is 5.97 Å². The smallest absolute Gasteiger partial charge is 0.339 e. The minimum atomic E-state index is -0.481. The lowest BCUT2D eigenvalue weighted by molar-refractivity contribution is 0.0526. The molecule has 4 rings (SSSR count). The Hall–Kier alpha value is -3.87. The number of ether oxygens (including phenoxy) is 1. The van der Waals surface area contributed by atoms with Gasteiger partial charge in [0.25, 0.3) is 0 Å². The van der Waals surface area contributed by atoms with Crippen LogP contribution in [0, 0.1) is 0 Å². The maximum Gasteiger partial charge on any atom is 0.339 e. The predicted octanol–water partition coefficient (Wildman–Crippen LogP) is 4.05. The highest BCUT2D eigenvalue weighted by Gasteiger charge is 2.14. The van der Waals surface area contributed by atoms with E-state index in [0.717, 1.165) is 5.39 Å². The Morgan fingerprint density at radius 1 is 1.18 bits per heavy atom. The van der Waals surface area contributed by atoms with E-state index in [1.807, 2.05) is 24.3 Å². The van der Waals surface area contributed by atoms with Crippen LogP contribution in [0.5, 0.6) is 11.6 Å². The van der Waals surface area contributed by atoms with E-state index in [-0.39, 0.29) is 23.8 Å². The Labute approximate surface area is 159 Å². The van der Waals surface area contributed by atoms with Crippen LogP contribution >= 0.6 is 0 Å². The van der Waals surface area contributed by atoms with Crippen molar-refractivity contribution in [3.05, 3.63) is 59.8 Å². The summed E-state index contributed by atoms with van der Waals surface area (Å²) in [6, 6.07) is 12.2. The molecule has 0 saturated carbocycles. The average Bonchev–Trinajstić information content (AvgIpc) is 3.02. The van der Waals surface area contributed by atoms with Gasteiger partial charge in [-0.2, -0.15) is 0 Å². The molecule has 140 valence electrons. The van der Waals surface area contributed by atoms with Crippen LogP contribution in [0.25, 0.3) is 21.8 Å². The number of pyridine rings is 1. The third kappa shape index (κ3) is 3.03. The Morgan fingerprint density at radius 2 is 1.96 bits per heavy atom. The zero-order chi connectivity index (χ0) is 19.7. The molecule has 28 heavy (non-hydrogen) atoms. The Morgan fingerprint density at radius 3 is 2.75 bits per heavy atom. The van der Waals surface area contributed by atoms with Gasteiger partial charge in [-0.15, -0.1) is 0 Å². The normalized spacial score (nSPS) is 11.5. The van der Waals surface area contributed by atoms with Crippen molar-refractivity contribution in [2.45, 2.75) is 6.92 Å². The number of fused-ring (bicyclic) bond motifs is 2. The molecule has 0 spiro atoms. The second kappa shape index (κ2) is 7.03. The second-order valence-electron chi connectivity index (χ2n) is 6.14. The van der Waals surface area contributed by atoms with Gasteiger partial charge < -0.3 is 19.9 Å². The summed E-state index contributed by atoms with van der Waals surface area (Å²) in [5.74, 6) is -0.409. The molecular weight excluding hydrogens is 358 g/mol. The molecule has 7 nitrogen and oxygen atoms in total. The standard InChI is InChI=1S/C21H17N3O4/c1-2-28-21(27)12-9-15-16(20(26)24-19(15)23-10-12)11-22-17-7-8-18(25)14-6-4-3-5-13(14)17/h3-11,25-26H,2H2,1H3,(H,23,24). The number of carbonyl (C=O) groups is 1. The van der Waals surface area contributed by atoms with E-state index in [0.29, 0.717) is 27.7 Å². The topological polar surface area (TPSA) is 108 Å². The first kappa shape index (κ1) is 17.5. The number of aromatic amines is 1. The molecule has 0 fully saturated rings. The lowest BCUT2D eigenvalue weighted by atomic mass is 10.1. The largest absolute Gasteiger partial charge is 0.507 e. The molecule has 0 unspecified atom stereocenters. The van der Waals surface area contributed by atoms with E-state index in [2.05, 4.69) is 15.0 Å². The molecule has 2 aromatic carbocycles. The summed E-state index contributed by atoms with van der Waals surface area (Å²) in [4.78, 5) is 23.4. The van der Waals surface area contributed by atoms with Crippen molar-refractivity contribution in [1.29, 1.82) is 0 Å². The molecule has 0 atom stereocenters. The maximum atomic E-state index is 12.0. The minimum absolute atomic E-state index is 0.102. The zero-order valence-electron chi connectivity index (χ0n) is 15.0. The molecule has 3 N–H and O–H groups in total. The van der Waals surface area contributed by atoms with E-state index in [9.17, 15) is 15.0 Å². The van der Waals surface area contributed by atoms with E-state index < -0.39 is 5.97 Å². The number of phenolic OH excluding ortho intramolecular Hbond substituents is 1. The van der Waals surface area contributed by atoms with Crippen molar-refractivity contribution in [2.24, 2.45) is 4.99 Å². The van der Waals surface area contributed by atoms with E-state index in [1.165, 1.54) is 12.4 Å². The summed E-state index contributed by atoms with van der Waals surface area (Å²) in [6.45, 7) is 1.99. The molecule has 2 aromatic heterocycles. The number of aromatic hydroxyl groups is 2. The number of rotatable bonds is 4. The third-order valence-electron chi connectivity index (χ3n) is 4.39. The van der Waals surface area contributed by atoms with Gasteiger partial charge in [0.1, 0.15) is 11.4 Å². The summed E-state index contributed by atoms with van der Waals surface area (Å²) in [5.41, 5.74) is 1.77. The van der Waals surface area contributed by atoms with Crippen molar-refractivity contribution >= 4 is 39.7 Å². The fourth-order valence-electron chi connectivity index (χ4n) is 3.05. The number of hydrogen-bond acceptors (Lipinski definition) is 6. The number of hydrogen-bond donors (Lipinski definition) is 3. The average molecular weight is 375 g/mol. The number of esters is 1. The van der Waals surface area contributed by atoms with Crippen LogP contribution in [0.4, 0.5) is 5.69 Å². The van der Waals surface area contributed by atoms with Gasteiger partial charge in [0.05, 0.1) is 23.4 Å². The molecule has 0 aliphatic heterocycles. The Kier molecular flexibility index (Phi) is 4.41. The zero-order valence-corrected chi connectivity index (χ0v) is 15.0. The van der Waals surface area contributed by atoms with Crippen LogP contribution < -0.4 is 0 Å². The number of benzene rings is 2. The number of aliphatic imine (C=N–C) groups is 1. The number of phenols is 1. The lowest BCUT2D eigenvalue weighted by Crippen LogP contribution is -2.04. The summed E-state index contributed by atoms with van der Waals surface area (Å²) in [6.07, 6.45) is 2.90. The second-order valence-corrected chi connectivity index (χ2v) is 6.14. The van der Waals surface area contributed by atoms with Crippen molar-refractivity contribution in [1.82, 2.24) is 9.97 Å². The van der Waals surface area contributed by atoms with Crippen molar-refractivity contribution in [3.8, 4) is 11.6 Å². The quantitative estimate of drug-likeness (QED) is 0.368. The first-order chi connectivity index (χ1) is 13.6. The molecule has 7 heteroatoms.